The Hall–Kier alpha value is -2.54. The standard InChI is InChI=1S/C18H23NO6/c1-10(5-4-6-14(20)19-23)7-8-12-16(21)15-13(9-25-18(15)22)11(2)17(12)24-3/h7,21,23H,4-6,8-9H2,1-3H3,(H,19,20)/b10-7+. The van der Waals surface area contributed by atoms with E-state index in [0.717, 1.165) is 11.1 Å². The molecule has 0 radical (unpaired) electrons. The first kappa shape index (κ1) is 18.8. The smallest absolute Gasteiger partial charge is 0.342 e. The van der Waals surface area contributed by atoms with Crippen molar-refractivity contribution in [2.45, 2.75) is 46.1 Å². The highest BCUT2D eigenvalue weighted by atomic mass is 16.5. The van der Waals surface area contributed by atoms with Crippen molar-refractivity contribution in [1.29, 1.82) is 0 Å². The van der Waals surface area contributed by atoms with Crippen LogP contribution in [0.3, 0.4) is 0 Å². The van der Waals surface area contributed by atoms with Gasteiger partial charge in [-0.3, -0.25) is 10.0 Å². The van der Waals surface area contributed by atoms with Gasteiger partial charge in [0, 0.05) is 17.5 Å². The number of cyclic esters (lactones) is 1. The van der Waals surface area contributed by atoms with Crippen LogP contribution in [0.15, 0.2) is 11.6 Å². The summed E-state index contributed by atoms with van der Waals surface area (Å²) < 4.78 is 10.5. The average molecular weight is 349 g/mol. The van der Waals surface area contributed by atoms with Gasteiger partial charge in [-0.05, 0) is 38.7 Å². The second-order valence-electron chi connectivity index (χ2n) is 6.06. The van der Waals surface area contributed by atoms with Crippen LogP contribution in [0.2, 0.25) is 0 Å². The molecule has 1 heterocycles. The summed E-state index contributed by atoms with van der Waals surface area (Å²) in [6.07, 6.45) is 3.85. The number of esters is 1. The lowest BCUT2D eigenvalue weighted by Gasteiger charge is -2.15. The Kier molecular flexibility index (Phi) is 6.03. The number of amides is 1. The van der Waals surface area contributed by atoms with Gasteiger partial charge in [0.05, 0.1) is 7.11 Å². The maximum atomic E-state index is 11.9. The lowest BCUT2D eigenvalue weighted by atomic mass is 9.94. The Morgan fingerprint density at radius 3 is 2.76 bits per heavy atom. The summed E-state index contributed by atoms with van der Waals surface area (Å²) in [7, 11) is 1.53. The van der Waals surface area contributed by atoms with E-state index in [1.165, 1.54) is 7.11 Å². The second kappa shape index (κ2) is 8.02. The molecule has 2 rings (SSSR count). The van der Waals surface area contributed by atoms with E-state index in [0.29, 0.717) is 36.1 Å². The number of ether oxygens (including phenoxy) is 2. The first-order chi connectivity index (χ1) is 11.9. The van der Waals surface area contributed by atoms with Crippen LogP contribution in [-0.2, 0) is 22.6 Å². The highest BCUT2D eigenvalue weighted by Gasteiger charge is 2.31. The van der Waals surface area contributed by atoms with Gasteiger partial charge in [0.2, 0.25) is 5.91 Å². The molecule has 1 aliphatic heterocycles. The number of benzene rings is 1. The molecule has 0 saturated heterocycles. The minimum Gasteiger partial charge on any atom is -0.507 e. The predicted molar refractivity (Wildman–Crippen MR) is 89.8 cm³/mol. The number of fused-ring (bicyclic) bond motifs is 1. The number of phenolic OH excluding ortho intramolecular Hbond substituents is 1. The molecule has 136 valence electrons. The molecule has 25 heavy (non-hydrogen) atoms. The third kappa shape index (κ3) is 3.93. The summed E-state index contributed by atoms with van der Waals surface area (Å²) >= 11 is 0. The van der Waals surface area contributed by atoms with Crippen molar-refractivity contribution in [1.82, 2.24) is 5.48 Å². The van der Waals surface area contributed by atoms with Gasteiger partial charge in [-0.1, -0.05) is 11.6 Å². The van der Waals surface area contributed by atoms with Gasteiger partial charge in [0.1, 0.15) is 23.7 Å². The highest BCUT2D eigenvalue weighted by Crippen LogP contribution is 2.42. The van der Waals surface area contributed by atoms with Crippen LogP contribution in [0, 0.1) is 6.92 Å². The summed E-state index contributed by atoms with van der Waals surface area (Å²) in [6, 6.07) is 0. The van der Waals surface area contributed by atoms with Crippen LogP contribution in [-0.4, -0.2) is 29.3 Å². The largest absolute Gasteiger partial charge is 0.507 e. The molecule has 7 nitrogen and oxygen atoms in total. The normalized spacial score (nSPS) is 13.4. The molecule has 1 aromatic carbocycles. The van der Waals surface area contributed by atoms with Gasteiger partial charge in [-0.15, -0.1) is 0 Å². The number of hydrogen-bond donors (Lipinski definition) is 3. The van der Waals surface area contributed by atoms with Gasteiger partial charge in [0.25, 0.3) is 0 Å². The molecule has 0 fully saturated rings. The van der Waals surface area contributed by atoms with E-state index in [4.69, 9.17) is 14.7 Å². The van der Waals surface area contributed by atoms with E-state index < -0.39 is 11.9 Å². The maximum absolute atomic E-state index is 11.9. The number of phenols is 1. The van der Waals surface area contributed by atoms with Crippen LogP contribution in [0.1, 0.15) is 53.2 Å². The SMILES string of the molecule is COc1c(C)c2c(c(O)c1C/C=C(\C)CCCC(=O)NO)C(=O)OC2. The van der Waals surface area contributed by atoms with Crippen LogP contribution in [0.4, 0.5) is 0 Å². The Morgan fingerprint density at radius 2 is 2.12 bits per heavy atom. The fraction of sp³-hybridized carbons (Fsp3) is 0.444. The average Bonchev–Trinajstić information content (AvgIpc) is 2.98. The summed E-state index contributed by atoms with van der Waals surface area (Å²) in [5.74, 6) is -0.475. The van der Waals surface area contributed by atoms with E-state index in [1.807, 2.05) is 19.9 Å². The number of allylic oxidation sites excluding steroid dienone is 2. The van der Waals surface area contributed by atoms with Crippen molar-refractivity contribution in [3.05, 3.63) is 33.9 Å². The van der Waals surface area contributed by atoms with Crippen LogP contribution >= 0.6 is 0 Å². The minimum atomic E-state index is -0.518. The molecule has 1 amide bonds. The molecule has 0 spiro atoms. The van der Waals surface area contributed by atoms with Gasteiger partial charge in [0.15, 0.2) is 0 Å². The fourth-order valence-corrected chi connectivity index (χ4v) is 2.99. The molecule has 0 bridgehead atoms. The van der Waals surface area contributed by atoms with Crippen molar-refractivity contribution < 1.29 is 29.4 Å². The van der Waals surface area contributed by atoms with Crippen molar-refractivity contribution in [3.8, 4) is 11.5 Å². The van der Waals surface area contributed by atoms with Crippen LogP contribution in [0.5, 0.6) is 11.5 Å². The molecule has 1 aliphatic rings. The molecule has 7 heteroatoms. The number of aromatic hydroxyl groups is 1. The van der Waals surface area contributed by atoms with Crippen LogP contribution in [0.25, 0.3) is 0 Å². The Morgan fingerprint density at radius 1 is 1.40 bits per heavy atom. The second-order valence-corrected chi connectivity index (χ2v) is 6.06. The third-order valence-electron chi connectivity index (χ3n) is 4.40. The summed E-state index contributed by atoms with van der Waals surface area (Å²) in [6.45, 7) is 3.91. The number of methoxy groups -OCH3 is 1. The topological polar surface area (TPSA) is 105 Å². The van der Waals surface area contributed by atoms with Gasteiger partial charge in [-0.25, -0.2) is 10.3 Å². The zero-order valence-corrected chi connectivity index (χ0v) is 14.6. The van der Waals surface area contributed by atoms with Crippen molar-refractivity contribution in [3.63, 3.8) is 0 Å². The first-order valence-electron chi connectivity index (χ1n) is 8.07. The zero-order valence-electron chi connectivity index (χ0n) is 14.6. The lowest BCUT2D eigenvalue weighted by Crippen LogP contribution is -2.17. The molecule has 3 N–H and O–H groups in total. The van der Waals surface area contributed by atoms with Crippen molar-refractivity contribution in [2.75, 3.05) is 7.11 Å². The lowest BCUT2D eigenvalue weighted by molar-refractivity contribution is -0.129. The Bertz CT molecular complexity index is 723. The van der Waals surface area contributed by atoms with Crippen molar-refractivity contribution >= 4 is 11.9 Å². The molecule has 1 aromatic rings. The van der Waals surface area contributed by atoms with E-state index >= 15 is 0 Å². The third-order valence-corrected chi connectivity index (χ3v) is 4.40. The van der Waals surface area contributed by atoms with E-state index in [-0.39, 0.29) is 24.3 Å². The van der Waals surface area contributed by atoms with E-state index in [9.17, 15) is 14.7 Å². The fourth-order valence-electron chi connectivity index (χ4n) is 2.99. The quantitative estimate of drug-likeness (QED) is 0.302. The summed E-state index contributed by atoms with van der Waals surface area (Å²) in [5.41, 5.74) is 4.86. The first-order valence-corrected chi connectivity index (χ1v) is 8.07. The minimum absolute atomic E-state index is 0.0938. The Labute approximate surface area is 146 Å². The van der Waals surface area contributed by atoms with Gasteiger partial charge >= 0.3 is 5.97 Å². The van der Waals surface area contributed by atoms with Gasteiger partial charge in [-0.2, -0.15) is 0 Å². The summed E-state index contributed by atoms with van der Waals surface area (Å²) in [4.78, 5) is 22.9. The molecular weight excluding hydrogens is 326 g/mol. The molecule has 0 saturated carbocycles. The molecule has 0 unspecified atom stereocenters. The monoisotopic (exact) mass is 349 g/mol. The van der Waals surface area contributed by atoms with E-state index in [2.05, 4.69) is 0 Å². The number of carbonyl (C=O) groups excluding carboxylic acids is 2. The summed E-state index contributed by atoms with van der Waals surface area (Å²) in [5, 5.41) is 19.0. The molecule has 0 aliphatic carbocycles. The molecule has 0 atom stereocenters. The number of carbonyl (C=O) groups is 2. The maximum Gasteiger partial charge on any atom is 0.342 e. The predicted octanol–water partition coefficient (Wildman–Crippen LogP) is 2.54. The number of rotatable bonds is 7. The van der Waals surface area contributed by atoms with Crippen molar-refractivity contribution in [2.24, 2.45) is 0 Å². The molecule has 0 aromatic heterocycles. The molecular formula is C18H23NO6. The number of hydroxylamine groups is 1. The number of hydrogen-bond acceptors (Lipinski definition) is 6. The number of nitrogens with one attached hydrogen (secondary N) is 1. The van der Waals surface area contributed by atoms with Crippen LogP contribution < -0.4 is 10.2 Å². The van der Waals surface area contributed by atoms with Gasteiger partial charge < -0.3 is 14.6 Å². The zero-order chi connectivity index (χ0) is 18.6. The Balaban J connectivity index is 2.20. The highest BCUT2D eigenvalue weighted by molar-refractivity contribution is 5.98. The van der Waals surface area contributed by atoms with E-state index in [1.54, 1.807) is 5.48 Å².